The van der Waals surface area contributed by atoms with Gasteiger partial charge in [-0.15, -0.1) is 0 Å². The molecule has 1 saturated carbocycles. The molecule has 8 aromatic carbocycles. The number of rotatable bonds is 7. The van der Waals surface area contributed by atoms with Crippen LogP contribution >= 0.6 is 0 Å². The van der Waals surface area contributed by atoms with Gasteiger partial charge in [0.1, 0.15) is 0 Å². The van der Waals surface area contributed by atoms with Crippen LogP contribution in [-0.2, 0) is 5.41 Å². The van der Waals surface area contributed by atoms with E-state index in [0.717, 1.165) is 52.0 Å². The van der Waals surface area contributed by atoms with Gasteiger partial charge in [0.25, 0.3) is 0 Å². The summed E-state index contributed by atoms with van der Waals surface area (Å²) in [7, 11) is 0. The molecule has 1 heterocycles. The Morgan fingerprint density at radius 2 is 0.774 bits per heavy atom. The monoisotopic (exact) mass is 793 g/mol. The van der Waals surface area contributed by atoms with Gasteiger partial charge in [-0.3, -0.25) is 0 Å². The lowest BCUT2D eigenvalue weighted by Crippen LogP contribution is -2.28. The van der Waals surface area contributed by atoms with Crippen molar-refractivity contribution in [3.8, 4) is 95.6 Å². The van der Waals surface area contributed by atoms with Crippen molar-refractivity contribution >= 4 is 0 Å². The SMILES string of the molecule is N#Cc1ccc2c(c1)C1(CCCCC1)c1cc(-c3cccc(-c4ccc(-c5ccc(-c6cc(-c7ccc(-c8ccccc8)cc7)nc(-c7ccccc7)n6)cc5)cc4)c3)ccc1-2. The number of hydrogen-bond donors (Lipinski definition) is 0. The number of hydrogen-bond acceptors (Lipinski definition) is 3. The maximum atomic E-state index is 9.76. The smallest absolute Gasteiger partial charge is 0.160 e. The minimum absolute atomic E-state index is 0.00378. The first kappa shape index (κ1) is 37.3. The van der Waals surface area contributed by atoms with Crippen LogP contribution in [0.3, 0.4) is 0 Å². The highest BCUT2D eigenvalue weighted by atomic mass is 14.9. The second kappa shape index (κ2) is 15.7. The van der Waals surface area contributed by atoms with Crippen molar-refractivity contribution in [2.45, 2.75) is 37.5 Å². The van der Waals surface area contributed by atoms with Gasteiger partial charge < -0.3 is 0 Å². The summed E-state index contributed by atoms with van der Waals surface area (Å²) in [5.74, 6) is 0.707. The molecule has 9 aromatic rings. The van der Waals surface area contributed by atoms with E-state index in [1.807, 2.05) is 30.3 Å². The Bertz CT molecular complexity index is 3120. The van der Waals surface area contributed by atoms with E-state index in [2.05, 4.69) is 176 Å². The topological polar surface area (TPSA) is 49.6 Å². The average molecular weight is 794 g/mol. The lowest BCUT2D eigenvalue weighted by molar-refractivity contribution is 0.353. The van der Waals surface area contributed by atoms with Crippen molar-refractivity contribution in [3.63, 3.8) is 0 Å². The molecule has 0 unspecified atom stereocenters. The first-order valence-corrected chi connectivity index (χ1v) is 21.7. The van der Waals surface area contributed by atoms with Crippen molar-refractivity contribution in [2.24, 2.45) is 0 Å². The highest BCUT2D eigenvalue weighted by molar-refractivity contribution is 5.86. The fourth-order valence-corrected chi connectivity index (χ4v) is 9.93. The molecule has 3 heteroatoms. The van der Waals surface area contributed by atoms with Crippen LogP contribution in [0.5, 0.6) is 0 Å². The minimum Gasteiger partial charge on any atom is -0.228 e. The largest absolute Gasteiger partial charge is 0.228 e. The fraction of sp³-hybridized carbons (Fsp3) is 0.102. The van der Waals surface area contributed by atoms with Gasteiger partial charge >= 0.3 is 0 Å². The standard InChI is InChI=1S/C59H43N3/c60-39-40-17-31-52-53-32-30-51(37-55(53)59(54(52)35-40)33-8-3-9-34-59)50-16-10-15-49(36-50)45-20-18-43(19-21-45)44-24-28-47(29-25-44)57-38-56(61-58(62-57)48-13-6-2-7-14-48)46-26-22-42(23-27-46)41-11-4-1-5-12-41/h1-2,4-7,10-32,35-38H,3,8-9,33-34H2. The van der Waals surface area contributed by atoms with Crippen molar-refractivity contribution < 1.29 is 0 Å². The summed E-state index contributed by atoms with van der Waals surface area (Å²) in [5, 5.41) is 9.76. The molecule has 0 amide bonds. The molecule has 1 fully saturated rings. The molecule has 11 rings (SSSR count). The molecule has 0 N–H and O–H groups in total. The molecule has 3 nitrogen and oxygen atoms in total. The molecule has 294 valence electrons. The molecule has 62 heavy (non-hydrogen) atoms. The third-order valence-electron chi connectivity index (χ3n) is 13.2. The fourth-order valence-electron chi connectivity index (χ4n) is 9.93. The van der Waals surface area contributed by atoms with Crippen molar-refractivity contribution in [1.29, 1.82) is 5.26 Å². The summed E-state index contributed by atoms with van der Waals surface area (Å²) >= 11 is 0. The zero-order chi connectivity index (χ0) is 41.5. The summed E-state index contributed by atoms with van der Waals surface area (Å²) in [6.45, 7) is 0. The third-order valence-corrected chi connectivity index (χ3v) is 13.2. The summed E-state index contributed by atoms with van der Waals surface area (Å²) in [6, 6.07) is 73.7. The van der Waals surface area contributed by atoms with Crippen LogP contribution in [-0.4, -0.2) is 9.97 Å². The van der Waals surface area contributed by atoms with Gasteiger partial charge in [0, 0.05) is 22.1 Å². The summed E-state index contributed by atoms with van der Waals surface area (Å²) in [6.07, 6.45) is 6.01. The Labute approximate surface area is 363 Å². The Hall–Kier alpha value is -7.67. The molecule has 2 aliphatic rings. The molecule has 1 spiro atoms. The van der Waals surface area contributed by atoms with Crippen LogP contribution in [0.15, 0.2) is 200 Å². The Kier molecular flexibility index (Phi) is 9.48. The normalized spacial score (nSPS) is 13.6. The summed E-state index contributed by atoms with van der Waals surface area (Å²) in [5.41, 5.74) is 20.6. The van der Waals surface area contributed by atoms with E-state index < -0.39 is 0 Å². The number of aromatic nitrogens is 2. The Morgan fingerprint density at radius 1 is 0.355 bits per heavy atom. The predicted octanol–water partition coefficient (Wildman–Crippen LogP) is 15.2. The van der Waals surface area contributed by atoms with Gasteiger partial charge in [0.05, 0.1) is 23.0 Å². The van der Waals surface area contributed by atoms with E-state index in [-0.39, 0.29) is 5.41 Å². The molecule has 1 aromatic heterocycles. The lowest BCUT2D eigenvalue weighted by atomic mass is 9.67. The van der Waals surface area contributed by atoms with Gasteiger partial charge in [0.2, 0.25) is 0 Å². The number of nitrogens with zero attached hydrogens (tertiary/aromatic N) is 3. The summed E-state index contributed by atoms with van der Waals surface area (Å²) < 4.78 is 0. The number of benzene rings is 8. The molecular weight excluding hydrogens is 751 g/mol. The molecule has 0 saturated heterocycles. The zero-order valence-corrected chi connectivity index (χ0v) is 34.4. The molecule has 0 atom stereocenters. The Balaban J connectivity index is 0.861. The highest BCUT2D eigenvalue weighted by Gasteiger charge is 2.44. The van der Waals surface area contributed by atoms with Crippen LogP contribution in [0.2, 0.25) is 0 Å². The second-order valence-electron chi connectivity index (χ2n) is 16.8. The van der Waals surface area contributed by atoms with Crippen molar-refractivity contribution in [3.05, 3.63) is 217 Å². The molecule has 0 radical (unpaired) electrons. The predicted molar refractivity (Wildman–Crippen MR) is 254 cm³/mol. The van der Waals surface area contributed by atoms with Gasteiger partial charge in [0.15, 0.2) is 5.82 Å². The van der Waals surface area contributed by atoms with E-state index in [1.165, 1.54) is 80.5 Å². The van der Waals surface area contributed by atoms with E-state index >= 15 is 0 Å². The maximum Gasteiger partial charge on any atom is 0.160 e. The quantitative estimate of drug-likeness (QED) is 0.161. The molecule has 0 aliphatic heterocycles. The van der Waals surface area contributed by atoms with E-state index in [1.54, 1.807) is 0 Å². The molecule has 2 aliphatic carbocycles. The first-order valence-electron chi connectivity index (χ1n) is 21.7. The van der Waals surface area contributed by atoms with Crippen LogP contribution in [0.1, 0.15) is 48.8 Å². The first-order chi connectivity index (χ1) is 30.6. The van der Waals surface area contributed by atoms with Gasteiger partial charge in [-0.1, -0.05) is 189 Å². The van der Waals surface area contributed by atoms with Crippen LogP contribution in [0.25, 0.3) is 89.5 Å². The second-order valence-corrected chi connectivity index (χ2v) is 16.8. The average Bonchev–Trinajstić information content (AvgIpc) is 3.61. The minimum atomic E-state index is -0.00378. The maximum absolute atomic E-state index is 9.76. The van der Waals surface area contributed by atoms with Gasteiger partial charge in [-0.2, -0.15) is 5.26 Å². The molecule has 0 bridgehead atoms. The van der Waals surface area contributed by atoms with Crippen LogP contribution in [0.4, 0.5) is 0 Å². The van der Waals surface area contributed by atoms with Crippen molar-refractivity contribution in [2.75, 3.05) is 0 Å². The third kappa shape index (κ3) is 6.81. The van der Waals surface area contributed by atoms with Crippen LogP contribution in [0, 0.1) is 11.3 Å². The summed E-state index contributed by atoms with van der Waals surface area (Å²) in [4.78, 5) is 10.1. The van der Waals surface area contributed by atoms with Gasteiger partial charge in [-0.25, -0.2) is 9.97 Å². The number of fused-ring (bicyclic) bond motifs is 5. The number of nitriles is 1. The van der Waals surface area contributed by atoms with E-state index in [0.29, 0.717) is 5.82 Å². The van der Waals surface area contributed by atoms with Gasteiger partial charge in [-0.05, 0) is 110 Å². The molecular formula is C59H43N3. The van der Waals surface area contributed by atoms with E-state index in [4.69, 9.17) is 9.97 Å². The Morgan fingerprint density at radius 3 is 1.34 bits per heavy atom. The highest BCUT2D eigenvalue weighted by Crippen LogP contribution is 2.56. The zero-order valence-electron chi connectivity index (χ0n) is 34.4. The van der Waals surface area contributed by atoms with Crippen LogP contribution < -0.4 is 0 Å². The lowest BCUT2D eigenvalue weighted by Gasteiger charge is -2.36. The van der Waals surface area contributed by atoms with E-state index in [9.17, 15) is 5.26 Å². The van der Waals surface area contributed by atoms with Crippen molar-refractivity contribution in [1.82, 2.24) is 9.97 Å².